The summed E-state index contributed by atoms with van der Waals surface area (Å²) in [5, 5.41) is 16.0. The fourth-order valence-corrected chi connectivity index (χ4v) is 0.249. The predicted octanol–water partition coefficient (Wildman–Crippen LogP) is -0.417. The minimum atomic E-state index is -0.0185. The van der Waals surface area contributed by atoms with Crippen molar-refractivity contribution in [1.82, 2.24) is 0 Å². The van der Waals surface area contributed by atoms with E-state index in [0.717, 1.165) is 0 Å². The Hall–Kier alpha value is -0.450. The molecule has 0 amide bonds. The highest BCUT2D eigenvalue weighted by atomic mass is 16.5. The van der Waals surface area contributed by atoms with Crippen LogP contribution in [0.2, 0.25) is 0 Å². The zero-order valence-electron chi connectivity index (χ0n) is 7.04. The van der Waals surface area contributed by atoms with Crippen molar-refractivity contribution in [3.63, 3.8) is 0 Å². The molecule has 0 aromatic heterocycles. The molecule has 0 radical (unpaired) electrons. The molecule has 0 heterocycles. The van der Waals surface area contributed by atoms with Gasteiger partial charge in [0, 0.05) is 20.1 Å². The fourth-order valence-electron chi connectivity index (χ4n) is 0.249. The molecule has 0 spiro atoms. The number of carbonyl (C=O) groups excluding carboxylic acids is 1. The first-order valence-corrected chi connectivity index (χ1v) is 3.39. The molecule has 0 aliphatic rings. The minimum Gasteiger partial charge on any atom is -0.396 e. The number of rotatable bonds is 4. The maximum Gasteiger partial charge on any atom is 0.132 e. The van der Waals surface area contributed by atoms with Gasteiger partial charge < -0.3 is 14.9 Å². The van der Waals surface area contributed by atoms with Crippen LogP contribution in [0.1, 0.15) is 13.3 Å². The van der Waals surface area contributed by atoms with Crippen molar-refractivity contribution in [2.45, 2.75) is 13.3 Å². The Kier molecular flexibility index (Phi) is 14.7. The normalized spacial score (nSPS) is 8.36. The van der Waals surface area contributed by atoms with Gasteiger partial charge in [0.1, 0.15) is 5.78 Å². The zero-order chi connectivity index (χ0) is 9.11. The molecule has 2 N–H and O–H groups in total. The molecule has 11 heavy (non-hydrogen) atoms. The molecule has 0 saturated carbocycles. The van der Waals surface area contributed by atoms with Crippen molar-refractivity contribution >= 4 is 5.78 Å². The molecule has 68 valence electrons. The summed E-state index contributed by atoms with van der Waals surface area (Å²) < 4.78 is 4.44. The van der Waals surface area contributed by atoms with Crippen LogP contribution in [0.3, 0.4) is 0 Å². The van der Waals surface area contributed by atoms with Gasteiger partial charge in [-0.15, -0.1) is 0 Å². The largest absolute Gasteiger partial charge is 0.396 e. The SMILES string of the molecule is CC(=O)CCO.COCCO. The number of aliphatic hydroxyl groups excluding tert-OH is 2. The van der Waals surface area contributed by atoms with E-state index in [1.54, 1.807) is 7.11 Å². The highest BCUT2D eigenvalue weighted by Gasteiger charge is 1.84. The first-order valence-electron chi connectivity index (χ1n) is 3.39. The van der Waals surface area contributed by atoms with Gasteiger partial charge in [-0.1, -0.05) is 0 Å². The molecule has 0 unspecified atom stereocenters. The van der Waals surface area contributed by atoms with Gasteiger partial charge in [0.15, 0.2) is 0 Å². The standard InChI is InChI=1S/C4H8O2.C3H8O2/c1-4(6)2-3-5;1-5-3-2-4/h5H,2-3H2,1H3;4H,2-3H2,1H3. The Balaban J connectivity index is 0. The van der Waals surface area contributed by atoms with Crippen LogP contribution in [-0.2, 0) is 9.53 Å². The summed E-state index contributed by atoms with van der Waals surface area (Å²) >= 11 is 0. The highest BCUT2D eigenvalue weighted by Crippen LogP contribution is 1.74. The van der Waals surface area contributed by atoms with Gasteiger partial charge >= 0.3 is 0 Å². The van der Waals surface area contributed by atoms with Crippen molar-refractivity contribution in [1.29, 1.82) is 0 Å². The summed E-state index contributed by atoms with van der Waals surface area (Å²) in [6, 6.07) is 0. The maximum atomic E-state index is 9.88. The number of aliphatic hydroxyl groups is 2. The lowest BCUT2D eigenvalue weighted by molar-refractivity contribution is -0.117. The Morgan fingerprint density at radius 3 is 1.91 bits per heavy atom. The number of methoxy groups -OCH3 is 1. The molecule has 4 heteroatoms. The van der Waals surface area contributed by atoms with Crippen molar-refractivity contribution in [2.75, 3.05) is 26.9 Å². The quantitative estimate of drug-likeness (QED) is 0.592. The summed E-state index contributed by atoms with van der Waals surface area (Å²) in [6.45, 7) is 2.00. The fraction of sp³-hybridized carbons (Fsp3) is 0.857. The average Bonchev–Trinajstić information content (AvgIpc) is 1.90. The number of hydrogen-bond donors (Lipinski definition) is 2. The molecule has 4 nitrogen and oxygen atoms in total. The minimum absolute atomic E-state index is 0.0185. The van der Waals surface area contributed by atoms with E-state index in [1.807, 2.05) is 0 Å². The van der Waals surface area contributed by atoms with Crippen molar-refractivity contribution in [2.24, 2.45) is 0 Å². The van der Waals surface area contributed by atoms with Crippen LogP contribution in [0.4, 0.5) is 0 Å². The Labute approximate surface area is 66.8 Å². The van der Waals surface area contributed by atoms with Crippen molar-refractivity contribution in [3.05, 3.63) is 0 Å². The number of carbonyl (C=O) groups is 1. The second-order valence-corrected chi connectivity index (χ2v) is 1.89. The number of Topliss-reactive ketones (excluding diaryl/α,β-unsaturated/α-hetero) is 1. The summed E-state index contributed by atoms with van der Waals surface area (Å²) in [4.78, 5) is 9.88. The van der Waals surface area contributed by atoms with Gasteiger partial charge in [0.2, 0.25) is 0 Å². The van der Waals surface area contributed by atoms with E-state index in [2.05, 4.69) is 4.74 Å². The van der Waals surface area contributed by atoms with Gasteiger partial charge in [-0.05, 0) is 6.92 Å². The third-order valence-corrected chi connectivity index (χ3v) is 0.759. The van der Waals surface area contributed by atoms with E-state index in [0.29, 0.717) is 13.0 Å². The predicted molar refractivity (Wildman–Crippen MR) is 41.3 cm³/mol. The molecule has 0 fully saturated rings. The van der Waals surface area contributed by atoms with E-state index in [9.17, 15) is 4.79 Å². The van der Waals surface area contributed by atoms with Crippen molar-refractivity contribution in [3.8, 4) is 0 Å². The molecule has 0 saturated heterocycles. The molecule has 0 aromatic carbocycles. The third kappa shape index (κ3) is 26.3. The second kappa shape index (κ2) is 12.2. The third-order valence-electron chi connectivity index (χ3n) is 0.759. The number of ketones is 1. The molecule has 0 aromatic rings. The lowest BCUT2D eigenvalue weighted by Gasteiger charge is -1.84. The van der Waals surface area contributed by atoms with Gasteiger partial charge in [-0.3, -0.25) is 4.79 Å². The monoisotopic (exact) mass is 164 g/mol. The van der Waals surface area contributed by atoms with Gasteiger partial charge in [0.25, 0.3) is 0 Å². The molecular weight excluding hydrogens is 148 g/mol. The molecule has 0 bridgehead atoms. The van der Waals surface area contributed by atoms with Crippen LogP contribution in [-0.4, -0.2) is 42.9 Å². The van der Waals surface area contributed by atoms with E-state index in [1.165, 1.54) is 6.92 Å². The van der Waals surface area contributed by atoms with Gasteiger partial charge in [-0.25, -0.2) is 0 Å². The maximum absolute atomic E-state index is 9.88. The lowest BCUT2D eigenvalue weighted by atomic mass is 10.3. The summed E-state index contributed by atoms with van der Waals surface area (Å²) in [6.07, 6.45) is 0.292. The molecular formula is C7H16O4. The Bertz CT molecular complexity index is 80.5. The molecule has 0 aliphatic heterocycles. The van der Waals surface area contributed by atoms with Crippen LogP contribution in [0.15, 0.2) is 0 Å². The van der Waals surface area contributed by atoms with Crippen molar-refractivity contribution < 1.29 is 19.7 Å². The number of hydrogen-bond acceptors (Lipinski definition) is 4. The van der Waals surface area contributed by atoms with Gasteiger partial charge in [-0.2, -0.15) is 0 Å². The first-order chi connectivity index (χ1) is 5.18. The summed E-state index contributed by atoms with van der Waals surface area (Å²) in [5.74, 6) is 0.0394. The Morgan fingerprint density at radius 2 is 1.91 bits per heavy atom. The Morgan fingerprint density at radius 1 is 1.36 bits per heavy atom. The summed E-state index contributed by atoms with van der Waals surface area (Å²) in [5.41, 5.74) is 0. The molecule has 0 rings (SSSR count). The smallest absolute Gasteiger partial charge is 0.132 e. The topological polar surface area (TPSA) is 66.8 Å². The second-order valence-electron chi connectivity index (χ2n) is 1.89. The van der Waals surface area contributed by atoms with E-state index in [4.69, 9.17) is 10.2 Å². The highest BCUT2D eigenvalue weighted by molar-refractivity contribution is 5.75. The van der Waals surface area contributed by atoms with E-state index >= 15 is 0 Å². The van der Waals surface area contributed by atoms with Crippen LogP contribution in [0, 0.1) is 0 Å². The van der Waals surface area contributed by atoms with Crippen LogP contribution in [0.25, 0.3) is 0 Å². The lowest BCUT2D eigenvalue weighted by Crippen LogP contribution is -1.92. The summed E-state index contributed by atoms with van der Waals surface area (Å²) in [7, 11) is 1.55. The van der Waals surface area contributed by atoms with Crippen LogP contribution >= 0.6 is 0 Å². The van der Waals surface area contributed by atoms with E-state index in [-0.39, 0.29) is 19.0 Å². The first kappa shape index (κ1) is 13.2. The molecule has 0 atom stereocenters. The zero-order valence-corrected chi connectivity index (χ0v) is 7.04. The van der Waals surface area contributed by atoms with Crippen LogP contribution in [0.5, 0.6) is 0 Å². The number of ether oxygens (including phenoxy) is 1. The average molecular weight is 164 g/mol. The molecule has 0 aliphatic carbocycles. The van der Waals surface area contributed by atoms with Crippen LogP contribution < -0.4 is 0 Å². The van der Waals surface area contributed by atoms with E-state index < -0.39 is 0 Å². The van der Waals surface area contributed by atoms with Gasteiger partial charge in [0.05, 0.1) is 13.2 Å².